The van der Waals surface area contributed by atoms with Gasteiger partial charge in [0.15, 0.2) is 24.7 Å². The monoisotopic (exact) mass is 693 g/mol. The van der Waals surface area contributed by atoms with E-state index in [9.17, 15) is 29.3 Å². The van der Waals surface area contributed by atoms with Gasteiger partial charge in [-0.1, -0.05) is 30.2 Å². The molecule has 0 saturated heterocycles. The summed E-state index contributed by atoms with van der Waals surface area (Å²) in [6.45, 7) is 9.04. The molecule has 0 aromatic heterocycles. The van der Waals surface area contributed by atoms with E-state index in [2.05, 4.69) is 9.47 Å². The van der Waals surface area contributed by atoms with Crippen molar-refractivity contribution in [3.05, 3.63) is 92.0 Å². The third kappa shape index (κ3) is 9.27. The van der Waals surface area contributed by atoms with Gasteiger partial charge in [-0.15, -0.1) is 0 Å². The Hall–Kier alpha value is -5.66. The van der Waals surface area contributed by atoms with Crippen molar-refractivity contribution in [1.29, 1.82) is 0 Å². The molecule has 50 heavy (non-hydrogen) atoms. The van der Waals surface area contributed by atoms with Gasteiger partial charge in [0.25, 0.3) is 17.5 Å². The van der Waals surface area contributed by atoms with Crippen LogP contribution in [-0.2, 0) is 32.0 Å². The number of aryl methyl sites for hydroxylation is 2. The summed E-state index contributed by atoms with van der Waals surface area (Å²) >= 11 is 0. The van der Waals surface area contributed by atoms with E-state index in [1.54, 1.807) is 51.1 Å². The third-order valence-corrected chi connectivity index (χ3v) is 7.52. The number of nitrogens with zero attached hydrogens (tertiary/aromatic N) is 3. The van der Waals surface area contributed by atoms with Crippen LogP contribution in [0.3, 0.4) is 0 Å². The lowest BCUT2D eigenvalue weighted by atomic mass is 10.0. The molecule has 3 aromatic carbocycles. The van der Waals surface area contributed by atoms with Crippen LogP contribution in [0.4, 0.5) is 5.69 Å². The zero-order chi connectivity index (χ0) is 37.3. The molecule has 3 aromatic rings. The number of amides is 2. The van der Waals surface area contributed by atoms with Crippen LogP contribution in [0.1, 0.15) is 70.7 Å². The topological polar surface area (TPSA) is 164 Å². The molecule has 0 radical (unpaired) electrons. The van der Waals surface area contributed by atoms with Crippen molar-refractivity contribution < 1.29 is 47.8 Å². The predicted octanol–water partition coefficient (Wildman–Crippen LogP) is 5.38. The summed E-state index contributed by atoms with van der Waals surface area (Å²) in [6, 6.07) is 12.5. The van der Waals surface area contributed by atoms with Crippen LogP contribution in [0.25, 0.3) is 0 Å². The van der Waals surface area contributed by atoms with Crippen molar-refractivity contribution in [2.24, 2.45) is 0 Å². The summed E-state index contributed by atoms with van der Waals surface area (Å²) in [4.78, 5) is 65.0. The molecule has 0 atom stereocenters. The van der Waals surface area contributed by atoms with Gasteiger partial charge in [0.2, 0.25) is 0 Å². The van der Waals surface area contributed by atoms with Crippen molar-refractivity contribution in [3.63, 3.8) is 0 Å². The molecule has 0 spiro atoms. The average molecular weight is 694 g/mol. The zero-order valence-corrected chi connectivity index (χ0v) is 29.8. The molecule has 2 amide bonds. The standard InChI is InChI=1S/C36H43N3O11/c1-10-26-27(12-11-13-29(26)46-7)35(43)37(38(36(4,5)6)34(42)24-15-22(2)14-23(3)16-24)19-25-17-30(49-20-32(40)47-8)31(18-28(25)39(44)45)50-21-33(41)48-9/h11-18H,10,19-21H2,1-9H3. The second kappa shape index (κ2) is 16.6. The lowest BCUT2D eigenvalue weighted by Gasteiger charge is -2.44. The Morgan fingerprint density at radius 3 is 1.84 bits per heavy atom. The van der Waals surface area contributed by atoms with Gasteiger partial charge in [-0.05, 0) is 71.4 Å². The third-order valence-electron chi connectivity index (χ3n) is 7.52. The summed E-state index contributed by atoms with van der Waals surface area (Å²) in [5, 5.41) is 15.0. The average Bonchev–Trinajstić information content (AvgIpc) is 3.07. The quantitative estimate of drug-likeness (QED) is 0.128. The van der Waals surface area contributed by atoms with Gasteiger partial charge in [-0.25, -0.2) is 19.6 Å². The maximum absolute atomic E-state index is 14.8. The van der Waals surface area contributed by atoms with Crippen LogP contribution >= 0.6 is 0 Å². The highest BCUT2D eigenvalue weighted by Gasteiger charge is 2.38. The highest BCUT2D eigenvalue weighted by Crippen LogP contribution is 2.37. The van der Waals surface area contributed by atoms with Crippen LogP contribution in [0.5, 0.6) is 17.2 Å². The Balaban J connectivity index is 2.34. The first-order valence-electron chi connectivity index (χ1n) is 15.7. The van der Waals surface area contributed by atoms with Crippen LogP contribution < -0.4 is 14.2 Å². The molecular weight excluding hydrogens is 650 g/mol. The van der Waals surface area contributed by atoms with E-state index in [1.807, 2.05) is 26.8 Å². The highest BCUT2D eigenvalue weighted by atomic mass is 16.6. The molecule has 0 saturated carbocycles. The molecule has 0 N–H and O–H groups in total. The number of carbonyl (C=O) groups excluding carboxylic acids is 4. The van der Waals surface area contributed by atoms with Crippen molar-refractivity contribution >= 4 is 29.4 Å². The van der Waals surface area contributed by atoms with Crippen molar-refractivity contribution in [2.45, 2.75) is 60.0 Å². The summed E-state index contributed by atoms with van der Waals surface area (Å²) in [7, 11) is 3.78. The second-order valence-corrected chi connectivity index (χ2v) is 12.3. The van der Waals surface area contributed by atoms with Crippen molar-refractivity contribution in [2.75, 3.05) is 34.5 Å². The van der Waals surface area contributed by atoms with E-state index in [0.29, 0.717) is 23.3 Å². The number of carbonyl (C=O) groups is 4. The molecule has 0 bridgehead atoms. The predicted molar refractivity (Wildman–Crippen MR) is 182 cm³/mol. The van der Waals surface area contributed by atoms with Gasteiger partial charge in [-0.3, -0.25) is 19.7 Å². The number of nitro benzene ring substituents is 1. The molecule has 0 aliphatic carbocycles. The lowest BCUT2D eigenvalue weighted by molar-refractivity contribution is -0.385. The Labute approximate surface area is 290 Å². The van der Waals surface area contributed by atoms with E-state index in [-0.39, 0.29) is 22.6 Å². The van der Waals surface area contributed by atoms with Gasteiger partial charge in [0.05, 0.1) is 50.0 Å². The Morgan fingerprint density at radius 1 is 0.800 bits per heavy atom. The number of benzene rings is 3. The summed E-state index contributed by atoms with van der Waals surface area (Å²) in [5.74, 6) is -2.64. The lowest BCUT2D eigenvalue weighted by Crippen LogP contribution is -2.58. The number of hydrogen-bond donors (Lipinski definition) is 0. The number of esters is 2. The van der Waals surface area contributed by atoms with E-state index in [1.165, 1.54) is 18.2 Å². The highest BCUT2D eigenvalue weighted by molar-refractivity contribution is 6.00. The number of hydrazine groups is 1. The first kappa shape index (κ1) is 38.8. The zero-order valence-electron chi connectivity index (χ0n) is 29.8. The number of hydrogen-bond acceptors (Lipinski definition) is 11. The van der Waals surface area contributed by atoms with Crippen LogP contribution in [0.2, 0.25) is 0 Å². The van der Waals surface area contributed by atoms with Crippen molar-refractivity contribution in [1.82, 2.24) is 10.0 Å². The summed E-state index contributed by atoms with van der Waals surface area (Å²) in [6.07, 6.45) is 0.400. The minimum absolute atomic E-state index is 0.0722. The summed E-state index contributed by atoms with van der Waals surface area (Å²) in [5.41, 5.74) is 1.12. The number of methoxy groups -OCH3 is 3. The fourth-order valence-electron chi connectivity index (χ4n) is 5.36. The molecule has 268 valence electrons. The van der Waals surface area contributed by atoms with E-state index in [4.69, 9.17) is 14.2 Å². The molecule has 0 aliphatic rings. The number of nitro groups is 1. The first-order chi connectivity index (χ1) is 23.6. The molecule has 0 aliphatic heterocycles. The SMILES string of the molecule is CCc1c(OC)cccc1C(=O)N(Cc1cc(OCC(=O)OC)c(OCC(=O)OC)cc1[N+](=O)[O-])N(C(=O)c1cc(C)cc(C)c1)C(C)(C)C. The Kier molecular flexibility index (Phi) is 12.9. The Bertz CT molecular complexity index is 1740. The van der Waals surface area contributed by atoms with E-state index in [0.717, 1.165) is 36.4 Å². The molecule has 0 fully saturated rings. The number of rotatable bonds is 13. The molecule has 0 unspecified atom stereocenters. The molecule has 14 nitrogen and oxygen atoms in total. The molecule has 14 heteroatoms. The number of ether oxygens (including phenoxy) is 5. The fraction of sp³-hybridized carbons (Fsp3) is 0.389. The fourth-order valence-corrected chi connectivity index (χ4v) is 5.36. The normalized spacial score (nSPS) is 10.9. The first-order valence-corrected chi connectivity index (χ1v) is 15.7. The second-order valence-electron chi connectivity index (χ2n) is 12.3. The molecule has 0 heterocycles. The Morgan fingerprint density at radius 2 is 1.36 bits per heavy atom. The van der Waals surface area contributed by atoms with E-state index >= 15 is 0 Å². The maximum atomic E-state index is 14.8. The minimum atomic E-state index is -1.04. The smallest absolute Gasteiger partial charge is 0.343 e. The van der Waals surface area contributed by atoms with Gasteiger partial charge in [0.1, 0.15) is 5.75 Å². The summed E-state index contributed by atoms with van der Waals surface area (Å²) < 4.78 is 25.9. The van der Waals surface area contributed by atoms with Gasteiger partial charge < -0.3 is 23.7 Å². The van der Waals surface area contributed by atoms with Crippen LogP contribution in [0.15, 0.2) is 48.5 Å². The molecule has 3 rings (SSSR count). The van der Waals surface area contributed by atoms with Crippen LogP contribution in [0, 0.1) is 24.0 Å². The van der Waals surface area contributed by atoms with Crippen LogP contribution in [-0.4, -0.2) is 78.8 Å². The largest absolute Gasteiger partial charge is 0.496 e. The van der Waals surface area contributed by atoms with Gasteiger partial charge in [-0.2, -0.15) is 0 Å². The minimum Gasteiger partial charge on any atom is -0.496 e. The van der Waals surface area contributed by atoms with Gasteiger partial charge in [0, 0.05) is 16.7 Å². The van der Waals surface area contributed by atoms with E-state index < -0.39 is 59.7 Å². The van der Waals surface area contributed by atoms with Gasteiger partial charge >= 0.3 is 11.9 Å². The van der Waals surface area contributed by atoms with Crippen molar-refractivity contribution in [3.8, 4) is 17.2 Å². The maximum Gasteiger partial charge on any atom is 0.343 e. The molecular formula is C36H43N3O11.